The highest BCUT2D eigenvalue weighted by atomic mass is 79.9. The van der Waals surface area contributed by atoms with E-state index in [9.17, 15) is 9.90 Å². The predicted molar refractivity (Wildman–Crippen MR) is 81.6 cm³/mol. The van der Waals surface area contributed by atoms with Crippen LogP contribution in [0.15, 0.2) is 52.2 Å². The minimum Gasteiger partial charge on any atom is -0.507 e. The van der Waals surface area contributed by atoms with E-state index < -0.39 is 0 Å². The van der Waals surface area contributed by atoms with E-state index in [1.807, 2.05) is 6.07 Å². The number of aliphatic hydroxyl groups is 1. The van der Waals surface area contributed by atoms with Gasteiger partial charge in [0, 0.05) is 32.5 Å². The number of halogens is 1. The molecule has 0 bridgehead atoms. The van der Waals surface area contributed by atoms with Gasteiger partial charge in [0.15, 0.2) is 5.78 Å². The number of Topliss-reactive ketones (excluding diaryl/α,β-unsaturated/α-hetero) is 1. The minimum absolute atomic E-state index is 0.0128. The number of aliphatic hydroxyl groups excluding tert-OH is 1. The van der Waals surface area contributed by atoms with Crippen LogP contribution in [0, 0.1) is 0 Å². The number of carbonyl (C=O) groups excluding carboxylic acids is 1. The summed E-state index contributed by atoms with van der Waals surface area (Å²) in [5.74, 6) is 0.0739. The van der Waals surface area contributed by atoms with Gasteiger partial charge < -0.3 is 5.11 Å². The Labute approximate surface area is 123 Å². The van der Waals surface area contributed by atoms with E-state index in [1.165, 1.54) is 4.70 Å². The molecular formula is C15H11BrO2S. The maximum atomic E-state index is 11.8. The molecule has 1 aromatic carbocycles. The highest BCUT2D eigenvalue weighted by molar-refractivity contribution is 9.10. The molecule has 0 spiro atoms. The summed E-state index contributed by atoms with van der Waals surface area (Å²) in [6.07, 6.45) is 0.734. The Balaban J connectivity index is 1.98. The molecule has 4 heteroatoms. The quantitative estimate of drug-likeness (QED) is 0.874. The van der Waals surface area contributed by atoms with Crippen molar-refractivity contribution in [1.82, 2.24) is 0 Å². The van der Waals surface area contributed by atoms with Crippen LogP contribution < -0.4 is 0 Å². The largest absolute Gasteiger partial charge is 0.507 e. The van der Waals surface area contributed by atoms with Crippen LogP contribution in [-0.4, -0.2) is 10.9 Å². The van der Waals surface area contributed by atoms with Gasteiger partial charge in [0.2, 0.25) is 0 Å². The van der Waals surface area contributed by atoms with Gasteiger partial charge in [0.25, 0.3) is 0 Å². The zero-order valence-electron chi connectivity index (χ0n) is 10.1. The molecule has 0 unspecified atom stereocenters. The molecule has 2 nitrogen and oxygen atoms in total. The van der Waals surface area contributed by atoms with Crippen molar-refractivity contribution < 1.29 is 9.90 Å². The molecule has 1 aliphatic rings. The lowest BCUT2D eigenvalue weighted by Gasteiger charge is -1.98. The Morgan fingerprint density at radius 1 is 1.37 bits per heavy atom. The van der Waals surface area contributed by atoms with Crippen molar-refractivity contribution in [3.8, 4) is 0 Å². The fourth-order valence-electron chi connectivity index (χ4n) is 2.24. The summed E-state index contributed by atoms with van der Waals surface area (Å²) < 4.78 is 2.22. The number of ketones is 1. The zero-order chi connectivity index (χ0) is 13.6. The average molecular weight is 335 g/mol. The Kier molecular flexibility index (Phi) is 3.07. The normalized spacial score (nSPS) is 15.8. The molecule has 0 saturated carbocycles. The SMILES string of the molecule is C=C1CC(=O)C(Cc2cc3cc(Br)ccc3s2)=C1O. The lowest BCUT2D eigenvalue weighted by atomic mass is 10.1. The Morgan fingerprint density at radius 2 is 2.16 bits per heavy atom. The number of allylic oxidation sites excluding steroid dienone is 2. The first-order valence-corrected chi connectivity index (χ1v) is 7.47. The topological polar surface area (TPSA) is 37.3 Å². The zero-order valence-corrected chi connectivity index (χ0v) is 12.5. The Bertz CT molecular complexity index is 740. The van der Waals surface area contributed by atoms with Gasteiger partial charge in [-0.1, -0.05) is 22.5 Å². The van der Waals surface area contributed by atoms with E-state index in [0.717, 1.165) is 14.7 Å². The van der Waals surface area contributed by atoms with Gasteiger partial charge in [0.05, 0.1) is 0 Å². The van der Waals surface area contributed by atoms with Gasteiger partial charge in [-0.25, -0.2) is 0 Å². The van der Waals surface area contributed by atoms with E-state index in [1.54, 1.807) is 11.3 Å². The third kappa shape index (κ3) is 2.26. The third-order valence-electron chi connectivity index (χ3n) is 3.21. The average Bonchev–Trinajstić information content (AvgIpc) is 2.85. The second kappa shape index (κ2) is 4.62. The maximum absolute atomic E-state index is 11.8. The highest BCUT2D eigenvalue weighted by Gasteiger charge is 2.26. The maximum Gasteiger partial charge on any atom is 0.167 e. The van der Waals surface area contributed by atoms with Crippen molar-refractivity contribution in [2.75, 3.05) is 0 Å². The molecule has 3 rings (SSSR count). The van der Waals surface area contributed by atoms with Crippen LogP contribution in [0.2, 0.25) is 0 Å². The molecule has 0 radical (unpaired) electrons. The minimum atomic E-state index is -0.0128. The van der Waals surface area contributed by atoms with E-state index in [4.69, 9.17) is 0 Å². The van der Waals surface area contributed by atoms with Gasteiger partial charge in [-0.2, -0.15) is 0 Å². The second-order valence-electron chi connectivity index (χ2n) is 4.60. The first-order chi connectivity index (χ1) is 9.04. The van der Waals surface area contributed by atoms with Crippen LogP contribution in [0.1, 0.15) is 11.3 Å². The predicted octanol–water partition coefficient (Wildman–Crippen LogP) is 4.55. The summed E-state index contributed by atoms with van der Waals surface area (Å²) in [7, 11) is 0. The molecule has 19 heavy (non-hydrogen) atoms. The number of hydrogen-bond donors (Lipinski definition) is 1. The van der Waals surface area contributed by atoms with Crippen LogP contribution >= 0.6 is 27.3 Å². The van der Waals surface area contributed by atoms with E-state index in [0.29, 0.717) is 17.6 Å². The van der Waals surface area contributed by atoms with Gasteiger partial charge in [-0.05, 0) is 35.2 Å². The van der Waals surface area contributed by atoms with Crippen molar-refractivity contribution in [3.63, 3.8) is 0 Å². The second-order valence-corrected chi connectivity index (χ2v) is 6.69. The van der Waals surface area contributed by atoms with Crippen LogP contribution in [0.25, 0.3) is 10.1 Å². The summed E-state index contributed by atoms with van der Waals surface area (Å²) in [4.78, 5) is 12.9. The van der Waals surface area contributed by atoms with Crippen molar-refractivity contribution in [1.29, 1.82) is 0 Å². The molecule has 1 N–H and O–H groups in total. The number of carbonyl (C=O) groups is 1. The Morgan fingerprint density at radius 3 is 2.84 bits per heavy atom. The molecule has 1 aromatic heterocycles. The van der Waals surface area contributed by atoms with Crippen molar-refractivity contribution in [2.45, 2.75) is 12.8 Å². The van der Waals surface area contributed by atoms with Gasteiger partial charge in [0.1, 0.15) is 5.76 Å². The number of benzene rings is 1. The van der Waals surface area contributed by atoms with Crippen molar-refractivity contribution in [3.05, 3.63) is 57.1 Å². The highest BCUT2D eigenvalue weighted by Crippen LogP contribution is 2.33. The fraction of sp³-hybridized carbons (Fsp3) is 0.133. The lowest BCUT2D eigenvalue weighted by Crippen LogP contribution is -1.99. The summed E-state index contributed by atoms with van der Waals surface area (Å²) in [5, 5.41) is 11.0. The molecule has 0 atom stereocenters. The standard InChI is InChI=1S/C15H11BrO2S/c1-8-4-13(17)12(15(8)18)7-11-6-9-5-10(16)2-3-14(9)19-11/h2-3,5-6,18H,1,4,7H2. The van der Waals surface area contributed by atoms with Crippen molar-refractivity contribution in [2.24, 2.45) is 0 Å². The van der Waals surface area contributed by atoms with Gasteiger partial charge in [-0.15, -0.1) is 11.3 Å². The smallest absolute Gasteiger partial charge is 0.167 e. The Hall–Kier alpha value is -1.39. The summed E-state index contributed by atoms with van der Waals surface area (Å²) >= 11 is 5.10. The van der Waals surface area contributed by atoms with Crippen LogP contribution in [0.5, 0.6) is 0 Å². The summed E-state index contributed by atoms with van der Waals surface area (Å²) in [6.45, 7) is 3.70. The molecule has 0 saturated heterocycles. The molecule has 96 valence electrons. The molecular weight excluding hydrogens is 324 g/mol. The molecule has 0 fully saturated rings. The van der Waals surface area contributed by atoms with E-state index >= 15 is 0 Å². The fourth-order valence-corrected chi connectivity index (χ4v) is 3.68. The molecule has 0 aliphatic heterocycles. The summed E-state index contributed by atoms with van der Waals surface area (Å²) in [5.41, 5.74) is 1.03. The number of fused-ring (bicyclic) bond motifs is 1. The monoisotopic (exact) mass is 334 g/mol. The van der Waals surface area contributed by atoms with Crippen LogP contribution in [-0.2, 0) is 11.2 Å². The van der Waals surface area contributed by atoms with Gasteiger partial charge in [-0.3, -0.25) is 4.79 Å². The summed E-state index contributed by atoms with van der Waals surface area (Å²) in [6, 6.07) is 8.18. The third-order valence-corrected chi connectivity index (χ3v) is 4.82. The molecule has 0 amide bonds. The first kappa shape index (κ1) is 12.6. The van der Waals surface area contributed by atoms with Crippen molar-refractivity contribution >= 4 is 43.1 Å². The van der Waals surface area contributed by atoms with E-state index in [-0.39, 0.29) is 18.0 Å². The van der Waals surface area contributed by atoms with Gasteiger partial charge >= 0.3 is 0 Å². The number of hydrogen-bond acceptors (Lipinski definition) is 3. The van der Waals surface area contributed by atoms with E-state index in [2.05, 4.69) is 40.7 Å². The number of thiophene rings is 1. The molecule has 2 aromatic rings. The lowest BCUT2D eigenvalue weighted by molar-refractivity contribution is -0.114. The molecule has 1 heterocycles. The van der Waals surface area contributed by atoms with Crippen LogP contribution in [0.3, 0.4) is 0 Å². The number of rotatable bonds is 2. The molecule has 1 aliphatic carbocycles. The first-order valence-electron chi connectivity index (χ1n) is 5.86. The van der Waals surface area contributed by atoms with Crippen LogP contribution in [0.4, 0.5) is 0 Å².